The lowest BCUT2D eigenvalue weighted by molar-refractivity contribution is -0.136. The Morgan fingerprint density at radius 3 is 2.58 bits per heavy atom. The van der Waals surface area contributed by atoms with Crippen molar-refractivity contribution >= 4 is 5.91 Å². The second-order valence-corrected chi connectivity index (χ2v) is 9.29. The molecule has 2 aliphatic rings. The molecule has 3 aromatic rings. The van der Waals surface area contributed by atoms with Crippen LogP contribution in [0.2, 0.25) is 0 Å². The number of pyridine rings is 1. The van der Waals surface area contributed by atoms with Crippen molar-refractivity contribution in [1.29, 1.82) is 0 Å². The highest BCUT2D eigenvalue weighted by atomic mass is 16.5. The maximum absolute atomic E-state index is 13.9. The molecular formula is C28H31N3O2. The molecule has 0 radical (unpaired) electrons. The van der Waals surface area contributed by atoms with Gasteiger partial charge in [0.15, 0.2) is 0 Å². The van der Waals surface area contributed by atoms with E-state index in [9.17, 15) is 4.79 Å². The van der Waals surface area contributed by atoms with Gasteiger partial charge in [0.05, 0.1) is 12.5 Å². The predicted molar refractivity (Wildman–Crippen MR) is 129 cm³/mol. The van der Waals surface area contributed by atoms with E-state index in [1.165, 1.54) is 16.7 Å². The van der Waals surface area contributed by atoms with Crippen LogP contribution in [-0.4, -0.2) is 54.0 Å². The van der Waals surface area contributed by atoms with Gasteiger partial charge in [0.1, 0.15) is 5.75 Å². The van der Waals surface area contributed by atoms with Crippen molar-refractivity contribution in [2.45, 2.75) is 25.3 Å². The molecule has 2 unspecified atom stereocenters. The molecular weight excluding hydrogens is 410 g/mol. The summed E-state index contributed by atoms with van der Waals surface area (Å²) in [6.45, 7) is 4.11. The summed E-state index contributed by atoms with van der Waals surface area (Å²) in [5.41, 5.74) is 3.33. The Morgan fingerprint density at radius 1 is 1.03 bits per heavy atom. The van der Waals surface area contributed by atoms with Crippen LogP contribution in [0.1, 0.15) is 29.0 Å². The third-order valence-electron chi connectivity index (χ3n) is 7.32. The second-order valence-electron chi connectivity index (χ2n) is 9.29. The Labute approximate surface area is 196 Å². The third kappa shape index (κ3) is 4.38. The van der Waals surface area contributed by atoms with E-state index in [1.54, 1.807) is 7.11 Å². The number of rotatable bonds is 7. The van der Waals surface area contributed by atoms with Crippen molar-refractivity contribution in [2.75, 3.05) is 33.3 Å². The van der Waals surface area contributed by atoms with E-state index in [-0.39, 0.29) is 11.3 Å². The van der Waals surface area contributed by atoms with Crippen LogP contribution >= 0.6 is 0 Å². The summed E-state index contributed by atoms with van der Waals surface area (Å²) in [6.07, 6.45) is 5.56. The van der Waals surface area contributed by atoms with E-state index < -0.39 is 0 Å². The maximum Gasteiger partial charge on any atom is 0.230 e. The first-order chi connectivity index (χ1) is 16.2. The zero-order valence-electron chi connectivity index (χ0n) is 19.2. The van der Waals surface area contributed by atoms with E-state index >= 15 is 0 Å². The number of hydrogen-bond donors (Lipinski definition) is 0. The Hall–Kier alpha value is -3.18. The molecule has 2 atom stereocenters. The lowest BCUT2D eigenvalue weighted by Crippen LogP contribution is -2.40. The zero-order valence-corrected chi connectivity index (χ0v) is 19.2. The summed E-state index contributed by atoms with van der Waals surface area (Å²) in [5, 5.41) is 0. The van der Waals surface area contributed by atoms with E-state index in [0.717, 1.165) is 51.3 Å². The maximum atomic E-state index is 13.9. The van der Waals surface area contributed by atoms with Gasteiger partial charge in [-0.25, -0.2) is 0 Å². The van der Waals surface area contributed by atoms with Gasteiger partial charge in [-0.1, -0.05) is 48.5 Å². The standard InChI is InChI=1S/C28H31N3O2/c1-33-25-11-9-23(10-12-25)19-30-20-26(24-8-5-15-29-18-24)28(21-30)14-17-31(27(28)32)16-13-22-6-3-2-4-7-22/h2-12,15,18,26H,13-14,16-17,19-21H2,1H3. The van der Waals surface area contributed by atoms with Crippen molar-refractivity contribution < 1.29 is 9.53 Å². The van der Waals surface area contributed by atoms with E-state index in [0.29, 0.717) is 5.91 Å². The number of hydrogen-bond acceptors (Lipinski definition) is 4. The zero-order chi connectivity index (χ0) is 22.7. The number of benzene rings is 2. The van der Waals surface area contributed by atoms with Gasteiger partial charge in [0.2, 0.25) is 5.91 Å². The van der Waals surface area contributed by atoms with Gasteiger partial charge in [-0.15, -0.1) is 0 Å². The molecule has 2 aliphatic heterocycles. The van der Waals surface area contributed by atoms with Crippen molar-refractivity contribution in [3.63, 3.8) is 0 Å². The van der Waals surface area contributed by atoms with E-state index in [4.69, 9.17) is 4.74 Å². The number of methoxy groups -OCH3 is 1. The van der Waals surface area contributed by atoms with Crippen LogP contribution in [0.4, 0.5) is 0 Å². The molecule has 33 heavy (non-hydrogen) atoms. The Kier molecular flexibility index (Phi) is 6.14. The lowest BCUT2D eigenvalue weighted by atomic mass is 9.73. The number of carbonyl (C=O) groups is 1. The van der Waals surface area contributed by atoms with Gasteiger partial charge in [-0.05, 0) is 47.7 Å². The minimum atomic E-state index is -0.369. The number of aromatic nitrogens is 1. The Balaban J connectivity index is 1.35. The van der Waals surface area contributed by atoms with Crippen molar-refractivity contribution in [1.82, 2.24) is 14.8 Å². The van der Waals surface area contributed by atoms with Crippen molar-refractivity contribution in [3.8, 4) is 5.75 Å². The first-order valence-corrected chi connectivity index (χ1v) is 11.8. The molecule has 5 rings (SSSR count). The van der Waals surface area contributed by atoms with Crippen LogP contribution in [0, 0.1) is 5.41 Å². The molecule has 1 amide bonds. The number of nitrogens with zero attached hydrogens (tertiary/aromatic N) is 3. The first-order valence-electron chi connectivity index (χ1n) is 11.8. The van der Waals surface area contributed by atoms with Crippen LogP contribution in [-0.2, 0) is 17.8 Å². The summed E-state index contributed by atoms with van der Waals surface area (Å²) in [4.78, 5) is 22.8. The molecule has 3 heterocycles. The highest BCUT2D eigenvalue weighted by molar-refractivity contribution is 5.87. The summed E-state index contributed by atoms with van der Waals surface area (Å²) in [7, 11) is 1.69. The number of ether oxygens (including phenoxy) is 1. The van der Waals surface area contributed by atoms with Crippen molar-refractivity contribution in [2.24, 2.45) is 5.41 Å². The van der Waals surface area contributed by atoms with Gasteiger partial charge in [-0.3, -0.25) is 14.7 Å². The fraction of sp³-hybridized carbons (Fsp3) is 0.357. The van der Waals surface area contributed by atoms with Gasteiger partial charge in [-0.2, -0.15) is 0 Å². The summed E-state index contributed by atoms with van der Waals surface area (Å²) in [6, 6.07) is 22.8. The van der Waals surface area contributed by atoms with Crippen LogP contribution in [0.15, 0.2) is 79.1 Å². The molecule has 5 nitrogen and oxygen atoms in total. The van der Waals surface area contributed by atoms with Crippen LogP contribution in [0.3, 0.4) is 0 Å². The summed E-state index contributed by atoms with van der Waals surface area (Å²) >= 11 is 0. The lowest BCUT2D eigenvalue weighted by Gasteiger charge is -2.29. The molecule has 2 aromatic carbocycles. The third-order valence-corrected chi connectivity index (χ3v) is 7.32. The molecule has 5 heteroatoms. The average Bonchev–Trinajstić information content (AvgIpc) is 3.39. The normalized spacial score (nSPS) is 22.9. The highest BCUT2D eigenvalue weighted by Crippen LogP contribution is 2.50. The number of likely N-dealkylation sites (tertiary alicyclic amines) is 2. The smallest absolute Gasteiger partial charge is 0.230 e. The second kappa shape index (κ2) is 9.36. The molecule has 170 valence electrons. The molecule has 0 N–H and O–H groups in total. The fourth-order valence-corrected chi connectivity index (χ4v) is 5.57. The van der Waals surface area contributed by atoms with Crippen LogP contribution in [0.5, 0.6) is 5.75 Å². The van der Waals surface area contributed by atoms with E-state index in [1.807, 2.05) is 36.7 Å². The molecule has 1 aromatic heterocycles. The minimum Gasteiger partial charge on any atom is -0.497 e. The quantitative estimate of drug-likeness (QED) is 0.553. The molecule has 0 aliphatic carbocycles. The summed E-state index contributed by atoms with van der Waals surface area (Å²) in [5.74, 6) is 1.34. The van der Waals surface area contributed by atoms with Gasteiger partial charge < -0.3 is 9.64 Å². The number of carbonyl (C=O) groups excluding carboxylic acids is 1. The highest BCUT2D eigenvalue weighted by Gasteiger charge is 2.56. The largest absolute Gasteiger partial charge is 0.497 e. The monoisotopic (exact) mass is 441 g/mol. The topological polar surface area (TPSA) is 45.7 Å². The molecule has 1 spiro atoms. The first kappa shape index (κ1) is 21.7. The average molecular weight is 442 g/mol. The minimum absolute atomic E-state index is 0.165. The molecule has 0 saturated carbocycles. The Bertz CT molecular complexity index is 1070. The summed E-state index contributed by atoms with van der Waals surface area (Å²) < 4.78 is 5.30. The predicted octanol–water partition coefficient (Wildman–Crippen LogP) is 4.15. The molecule has 0 bridgehead atoms. The van der Waals surface area contributed by atoms with Crippen LogP contribution < -0.4 is 4.74 Å². The SMILES string of the molecule is COc1ccc(CN2CC(c3cccnc3)C3(CCN(CCc4ccccc4)C3=O)C2)cc1. The van der Waals surface area contributed by atoms with Gasteiger partial charge >= 0.3 is 0 Å². The van der Waals surface area contributed by atoms with Gasteiger partial charge in [0, 0.05) is 51.0 Å². The van der Waals surface area contributed by atoms with E-state index in [2.05, 4.69) is 57.2 Å². The van der Waals surface area contributed by atoms with Crippen LogP contribution in [0.25, 0.3) is 0 Å². The molecule has 2 saturated heterocycles. The number of amides is 1. The molecule has 2 fully saturated rings. The Morgan fingerprint density at radius 2 is 1.85 bits per heavy atom. The van der Waals surface area contributed by atoms with Gasteiger partial charge in [0.25, 0.3) is 0 Å². The van der Waals surface area contributed by atoms with Crippen molar-refractivity contribution in [3.05, 3.63) is 95.8 Å². The fourth-order valence-electron chi connectivity index (χ4n) is 5.57.